The predicted octanol–water partition coefficient (Wildman–Crippen LogP) is 1.03. The van der Waals surface area contributed by atoms with Gasteiger partial charge in [0.05, 0.1) is 13.5 Å². The van der Waals surface area contributed by atoms with E-state index in [9.17, 15) is 4.79 Å². The molecular weight excluding hydrogens is 192 g/mol. The summed E-state index contributed by atoms with van der Waals surface area (Å²) in [7, 11) is 5.06. The third kappa shape index (κ3) is 2.94. The van der Waals surface area contributed by atoms with E-state index >= 15 is 0 Å². The first-order valence-electron chi connectivity index (χ1n) is 4.74. The first-order chi connectivity index (χ1) is 7.04. The van der Waals surface area contributed by atoms with Crippen molar-refractivity contribution >= 4 is 5.91 Å². The maximum absolute atomic E-state index is 11.5. The number of pyridine rings is 1. The van der Waals surface area contributed by atoms with Gasteiger partial charge in [-0.1, -0.05) is 0 Å². The van der Waals surface area contributed by atoms with E-state index in [1.54, 1.807) is 32.3 Å². The molecule has 1 aromatic rings. The van der Waals surface area contributed by atoms with Crippen LogP contribution in [0.2, 0.25) is 0 Å². The summed E-state index contributed by atoms with van der Waals surface area (Å²) in [5.74, 6) is 0.761. The van der Waals surface area contributed by atoms with Gasteiger partial charge in [0.2, 0.25) is 5.91 Å². The van der Waals surface area contributed by atoms with Crippen molar-refractivity contribution in [1.82, 2.24) is 9.88 Å². The van der Waals surface area contributed by atoms with Gasteiger partial charge in [0.25, 0.3) is 0 Å². The summed E-state index contributed by atoms with van der Waals surface area (Å²) >= 11 is 0. The molecule has 0 aliphatic heterocycles. The molecule has 82 valence electrons. The van der Waals surface area contributed by atoms with Crippen LogP contribution in [0, 0.1) is 6.92 Å². The lowest BCUT2D eigenvalue weighted by atomic mass is 10.1. The lowest BCUT2D eigenvalue weighted by Crippen LogP contribution is -2.23. The number of carbonyl (C=O) groups is 1. The molecule has 0 spiro atoms. The number of nitrogens with zero attached hydrogens (tertiary/aromatic N) is 2. The Morgan fingerprint density at radius 3 is 2.73 bits per heavy atom. The van der Waals surface area contributed by atoms with Crippen LogP contribution in [-0.2, 0) is 11.2 Å². The molecule has 4 nitrogen and oxygen atoms in total. The van der Waals surface area contributed by atoms with Crippen LogP contribution < -0.4 is 4.74 Å². The van der Waals surface area contributed by atoms with Crippen LogP contribution in [0.15, 0.2) is 12.3 Å². The zero-order chi connectivity index (χ0) is 11.4. The minimum absolute atomic E-state index is 0.0407. The Morgan fingerprint density at radius 2 is 2.20 bits per heavy atom. The fourth-order valence-corrected chi connectivity index (χ4v) is 1.21. The molecule has 0 atom stereocenters. The molecule has 0 fully saturated rings. The molecule has 0 aromatic carbocycles. The van der Waals surface area contributed by atoms with E-state index in [1.165, 1.54) is 0 Å². The van der Waals surface area contributed by atoms with Gasteiger partial charge in [-0.15, -0.1) is 0 Å². The van der Waals surface area contributed by atoms with E-state index in [0.29, 0.717) is 6.42 Å². The second kappa shape index (κ2) is 4.77. The largest absolute Gasteiger partial charge is 0.496 e. The average Bonchev–Trinajstić information content (AvgIpc) is 2.20. The van der Waals surface area contributed by atoms with E-state index in [0.717, 1.165) is 17.0 Å². The van der Waals surface area contributed by atoms with Gasteiger partial charge in [-0.05, 0) is 6.92 Å². The van der Waals surface area contributed by atoms with E-state index < -0.39 is 0 Å². The van der Waals surface area contributed by atoms with Gasteiger partial charge in [0, 0.05) is 37.6 Å². The van der Waals surface area contributed by atoms with Crippen molar-refractivity contribution in [2.75, 3.05) is 21.2 Å². The van der Waals surface area contributed by atoms with Crippen molar-refractivity contribution in [2.24, 2.45) is 0 Å². The smallest absolute Gasteiger partial charge is 0.226 e. The highest BCUT2D eigenvalue weighted by atomic mass is 16.5. The molecule has 0 unspecified atom stereocenters. The molecule has 1 aromatic heterocycles. The number of aromatic nitrogens is 1. The van der Waals surface area contributed by atoms with Crippen molar-refractivity contribution in [2.45, 2.75) is 13.3 Å². The third-order valence-corrected chi connectivity index (χ3v) is 2.14. The monoisotopic (exact) mass is 208 g/mol. The zero-order valence-electron chi connectivity index (χ0n) is 9.57. The molecule has 1 amide bonds. The summed E-state index contributed by atoms with van der Waals surface area (Å²) in [5.41, 5.74) is 1.70. The highest BCUT2D eigenvalue weighted by Crippen LogP contribution is 2.18. The Hall–Kier alpha value is -1.58. The molecule has 1 heterocycles. The van der Waals surface area contributed by atoms with E-state index in [-0.39, 0.29) is 5.91 Å². The number of hydrogen-bond acceptors (Lipinski definition) is 3. The lowest BCUT2D eigenvalue weighted by Gasteiger charge is -2.12. The molecule has 0 aliphatic carbocycles. The highest BCUT2D eigenvalue weighted by Gasteiger charge is 2.10. The number of amides is 1. The second-order valence-corrected chi connectivity index (χ2v) is 3.60. The van der Waals surface area contributed by atoms with Gasteiger partial charge < -0.3 is 9.64 Å². The van der Waals surface area contributed by atoms with E-state index in [2.05, 4.69) is 4.98 Å². The predicted molar refractivity (Wildman–Crippen MR) is 57.9 cm³/mol. The van der Waals surface area contributed by atoms with Crippen molar-refractivity contribution < 1.29 is 9.53 Å². The quantitative estimate of drug-likeness (QED) is 0.745. The number of carbonyl (C=O) groups excluding carboxylic acids is 1. The fourth-order valence-electron chi connectivity index (χ4n) is 1.21. The van der Waals surface area contributed by atoms with Gasteiger partial charge in [0.15, 0.2) is 0 Å². The van der Waals surface area contributed by atoms with Crippen molar-refractivity contribution in [3.8, 4) is 5.75 Å². The number of rotatable bonds is 3. The van der Waals surface area contributed by atoms with Gasteiger partial charge >= 0.3 is 0 Å². The molecule has 1 rings (SSSR count). The number of aryl methyl sites for hydroxylation is 1. The standard InChI is InChI=1S/C11H16N2O2/c1-8-5-10(15-4)9(7-12-8)6-11(14)13(2)3/h5,7H,6H2,1-4H3. The first kappa shape index (κ1) is 11.5. The summed E-state index contributed by atoms with van der Waals surface area (Å²) < 4.78 is 5.20. The third-order valence-electron chi connectivity index (χ3n) is 2.14. The minimum Gasteiger partial charge on any atom is -0.496 e. The van der Waals surface area contributed by atoms with Crippen LogP contribution in [-0.4, -0.2) is 37.0 Å². The Labute approximate surface area is 89.9 Å². The van der Waals surface area contributed by atoms with Crippen LogP contribution in [0.1, 0.15) is 11.3 Å². The van der Waals surface area contributed by atoms with Gasteiger partial charge in [-0.25, -0.2) is 0 Å². The van der Waals surface area contributed by atoms with Crippen molar-refractivity contribution in [1.29, 1.82) is 0 Å². The number of likely N-dealkylation sites (N-methyl/N-ethyl adjacent to an activating group) is 1. The molecule has 0 bridgehead atoms. The van der Waals surface area contributed by atoms with Crippen LogP contribution in [0.25, 0.3) is 0 Å². The SMILES string of the molecule is COc1cc(C)ncc1CC(=O)N(C)C. The highest BCUT2D eigenvalue weighted by molar-refractivity contribution is 5.78. The molecule has 0 N–H and O–H groups in total. The van der Waals surface area contributed by atoms with Gasteiger partial charge in [-0.2, -0.15) is 0 Å². The Bertz CT molecular complexity index is 362. The molecule has 0 saturated heterocycles. The topological polar surface area (TPSA) is 42.4 Å². The summed E-state index contributed by atoms with van der Waals surface area (Å²) in [6.45, 7) is 1.89. The van der Waals surface area contributed by atoms with Crippen LogP contribution in [0.5, 0.6) is 5.75 Å². The summed E-state index contributed by atoms with van der Waals surface area (Å²) in [5, 5.41) is 0. The number of hydrogen-bond donors (Lipinski definition) is 0. The van der Waals surface area contributed by atoms with Gasteiger partial charge in [0.1, 0.15) is 5.75 Å². The lowest BCUT2D eigenvalue weighted by molar-refractivity contribution is -0.127. The van der Waals surface area contributed by atoms with Crippen molar-refractivity contribution in [3.05, 3.63) is 23.5 Å². The first-order valence-corrected chi connectivity index (χ1v) is 4.74. The maximum Gasteiger partial charge on any atom is 0.226 e. The summed E-state index contributed by atoms with van der Waals surface area (Å²) in [6.07, 6.45) is 2.01. The Morgan fingerprint density at radius 1 is 1.53 bits per heavy atom. The molecular formula is C11H16N2O2. The van der Waals surface area contributed by atoms with Gasteiger partial charge in [-0.3, -0.25) is 9.78 Å². The Balaban J connectivity index is 2.89. The molecule has 0 saturated carbocycles. The molecule has 4 heteroatoms. The summed E-state index contributed by atoms with van der Waals surface area (Å²) in [4.78, 5) is 17.2. The van der Waals surface area contributed by atoms with Crippen LogP contribution in [0.4, 0.5) is 0 Å². The maximum atomic E-state index is 11.5. The van der Waals surface area contributed by atoms with Crippen LogP contribution >= 0.6 is 0 Å². The molecule has 0 aliphatic rings. The van der Waals surface area contributed by atoms with E-state index in [1.807, 2.05) is 13.0 Å². The summed E-state index contributed by atoms with van der Waals surface area (Å²) in [6, 6.07) is 1.83. The molecule has 0 radical (unpaired) electrons. The minimum atomic E-state index is 0.0407. The second-order valence-electron chi connectivity index (χ2n) is 3.60. The normalized spacial score (nSPS) is 9.87. The zero-order valence-corrected chi connectivity index (χ0v) is 9.57. The van der Waals surface area contributed by atoms with E-state index in [4.69, 9.17) is 4.74 Å². The van der Waals surface area contributed by atoms with Crippen LogP contribution in [0.3, 0.4) is 0 Å². The fraction of sp³-hybridized carbons (Fsp3) is 0.455. The van der Waals surface area contributed by atoms with Crippen molar-refractivity contribution in [3.63, 3.8) is 0 Å². The average molecular weight is 208 g/mol. The molecule has 15 heavy (non-hydrogen) atoms. The number of ether oxygens (including phenoxy) is 1. The Kier molecular flexibility index (Phi) is 3.66. The number of methoxy groups -OCH3 is 1.